The highest BCUT2D eigenvalue weighted by molar-refractivity contribution is 6.31. The third-order valence-electron chi connectivity index (χ3n) is 2.17. The van der Waals surface area contributed by atoms with E-state index in [2.05, 4.69) is 4.98 Å². The lowest BCUT2D eigenvalue weighted by Crippen LogP contribution is -2.14. The van der Waals surface area contributed by atoms with Crippen LogP contribution in [0.25, 0.3) is 10.9 Å². The highest BCUT2D eigenvalue weighted by atomic mass is 35.5. The molecule has 1 heterocycles. The van der Waals surface area contributed by atoms with Crippen LogP contribution in [0.5, 0.6) is 0 Å². The first-order valence-electron chi connectivity index (χ1n) is 4.26. The van der Waals surface area contributed by atoms with Crippen molar-refractivity contribution >= 4 is 33.9 Å². The van der Waals surface area contributed by atoms with Gasteiger partial charge < -0.3 is 10.7 Å². The lowest BCUT2D eigenvalue weighted by molar-refractivity contribution is -0.385. The summed E-state index contributed by atoms with van der Waals surface area (Å²) in [4.78, 5) is 23.6. The summed E-state index contributed by atoms with van der Waals surface area (Å²) in [5.74, 6) is 0. The molecule has 0 bridgehead atoms. The molecule has 2 aromatic rings. The van der Waals surface area contributed by atoms with E-state index in [0.717, 1.165) is 0 Å². The number of nitrogens with two attached hydrogens (primary N) is 1. The van der Waals surface area contributed by atoms with Crippen molar-refractivity contribution in [1.29, 1.82) is 0 Å². The number of fused-ring (bicyclic) bond motifs is 1. The quantitative estimate of drug-likeness (QED) is 0.584. The van der Waals surface area contributed by atoms with Crippen molar-refractivity contribution in [3.63, 3.8) is 0 Å². The number of anilines is 1. The monoisotopic (exact) mass is 239 g/mol. The van der Waals surface area contributed by atoms with Gasteiger partial charge in [0.2, 0.25) is 0 Å². The fourth-order valence-corrected chi connectivity index (χ4v) is 1.63. The zero-order chi connectivity index (χ0) is 11.9. The van der Waals surface area contributed by atoms with Crippen molar-refractivity contribution in [1.82, 2.24) is 4.98 Å². The summed E-state index contributed by atoms with van der Waals surface area (Å²) in [6.07, 6.45) is 0. The Hall–Kier alpha value is -2.08. The smallest absolute Gasteiger partial charge is 0.357 e. The highest BCUT2D eigenvalue weighted by Crippen LogP contribution is 2.27. The largest absolute Gasteiger partial charge is 0.392 e. The molecule has 0 aliphatic heterocycles. The van der Waals surface area contributed by atoms with Crippen LogP contribution in [0.4, 0.5) is 11.4 Å². The van der Waals surface area contributed by atoms with Gasteiger partial charge in [0.15, 0.2) is 0 Å². The first-order chi connectivity index (χ1) is 7.50. The number of halogens is 1. The van der Waals surface area contributed by atoms with Crippen molar-refractivity contribution in [2.75, 3.05) is 5.73 Å². The number of aromatic amines is 1. The van der Waals surface area contributed by atoms with Crippen molar-refractivity contribution in [3.05, 3.63) is 43.7 Å². The molecule has 0 amide bonds. The fourth-order valence-electron chi connectivity index (χ4n) is 1.46. The zero-order valence-electron chi connectivity index (χ0n) is 7.86. The number of nitro groups is 1. The van der Waals surface area contributed by atoms with Crippen LogP contribution in [0.1, 0.15) is 0 Å². The number of benzene rings is 1. The van der Waals surface area contributed by atoms with Gasteiger partial charge in [0.25, 0.3) is 0 Å². The molecule has 0 aliphatic rings. The Kier molecular flexibility index (Phi) is 2.28. The number of aromatic nitrogens is 1. The summed E-state index contributed by atoms with van der Waals surface area (Å²) in [7, 11) is 0. The summed E-state index contributed by atoms with van der Waals surface area (Å²) in [6.45, 7) is 0. The Morgan fingerprint density at radius 3 is 2.75 bits per heavy atom. The number of hydrogen-bond acceptors (Lipinski definition) is 4. The molecule has 1 aromatic carbocycles. The molecular weight excluding hydrogens is 234 g/mol. The van der Waals surface area contributed by atoms with Crippen molar-refractivity contribution in [3.8, 4) is 0 Å². The Balaban J connectivity index is 2.96. The molecule has 3 N–H and O–H groups in total. The molecule has 16 heavy (non-hydrogen) atoms. The maximum atomic E-state index is 11.4. The predicted octanol–water partition coefficient (Wildman–Crippen LogP) is 1.67. The second kappa shape index (κ2) is 3.49. The number of pyridine rings is 1. The molecule has 0 unspecified atom stereocenters. The minimum absolute atomic E-state index is 0.175. The van der Waals surface area contributed by atoms with Gasteiger partial charge in [-0.05, 0) is 18.2 Å². The SMILES string of the molecule is Nc1c([N+](=O)[O-])c(=O)[nH]c2ccc(Cl)cc12. The molecule has 0 saturated carbocycles. The summed E-state index contributed by atoms with van der Waals surface area (Å²) in [5.41, 5.74) is 4.33. The Morgan fingerprint density at radius 2 is 2.12 bits per heavy atom. The van der Waals surface area contributed by atoms with Crippen LogP contribution in [-0.2, 0) is 0 Å². The summed E-state index contributed by atoms with van der Waals surface area (Å²) < 4.78 is 0. The number of nitrogens with zero attached hydrogens (tertiary/aromatic N) is 1. The topological polar surface area (TPSA) is 102 Å². The molecule has 1 aromatic heterocycles. The van der Waals surface area contributed by atoms with Crippen LogP contribution in [0, 0.1) is 10.1 Å². The Morgan fingerprint density at radius 1 is 1.44 bits per heavy atom. The Bertz CT molecular complexity index is 650. The molecule has 0 atom stereocenters. The fraction of sp³-hybridized carbons (Fsp3) is 0. The van der Waals surface area contributed by atoms with Crippen LogP contribution >= 0.6 is 11.6 Å². The lowest BCUT2D eigenvalue weighted by atomic mass is 10.1. The average Bonchev–Trinajstić information content (AvgIpc) is 2.19. The van der Waals surface area contributed by atoms with E-state index in [0.29, 0.717) is 15.9 Å². The summed E-state index contributed by atoms with van der Waals surface area (Å²) in [5, 5.41) is 11.4. The van der Waals surface area contributed by atoms with Gasteiger partial charge in [-0.15, -0.1) is 0 Å². The third-order valence-corrected chi connectivity index (χ3v) is 2.41. The average molecular weight is 240 g/mol. The standard InChI is InChI=1S/C9H6ClN3O3/c10-4-1-2-6-5(3-4)7(11)8(13(15)16)9(14)12-6/h1-3H,(H3,11,12,14). The Labute approximate surface area is 93.8 Å². The number of nitrogens with one attached hydrogen (secondary N) is 1. The molecule has 82 valence electrons. The number of hydrogen-bond donors (Lipinski definition) is 2. The molecule has 0 radical (unpaired) electrons. The predicted molar refractivity (Wildman–Crippen MR) is 60.6 cm³/mol. The highest BCUT2D eigenvalue weighted by Gasteiger charge is 2.20. The van der Waals surface area contributed by atoms with E-state index in [9.17, 15) is 14.9 Å². The summed E-state index contributed by atoms with van der Waals surface area (Å²) >= 11 is 5.74. The minimum atomic E-state index is -0.822. The molecule has 0 aliphatic carbocycles. The molecule has 0 spiro atoms. The minimum Gasteiger partial charge on any atom is -0.392 e. The normalized spacial score (nSPS) is 10.6. The molecular formula is C9H6ClN3O3. The lowest BCUT2D eigenvalue weighted by Gasteiger charge is -2.02. The van der Waals surface area contributed by atoms with E-state index in [1.165, 1.54) is 6.07 Å². The zero-order valence-corrected chi connectivity index (χ0v) is 8.62. The van der Waals surface area contributed by atoms with E-state index in [4.69, 9.17) is 17.3 Å². The van der Waals surface area contributed by atoms with Gasteiger partial charge in [-0.3, -0.25) is 14.9 Å². The van der Waals surface area contributed by atoms with E-state index < -0.39 is 16.2 Å². The van der Waals surface area contributed by atoms with Crippen LogP contribution in [0.15, 0.2) is 23.0 Å². The van der Waals surface area contributed by atoms with Gasteiger partial charge in [-0.1, -0.05) is 11.6 Å². The van der Waals surface area contributed by atoms with Crippen LogP contribution in [0.2, 0.25) is 5.02 Å². The molecule has 7 heteroatoms. The third kappa shape index (κ3) is 1.49. The first-order valence-corrected chi connectivity index (χ1v) is 4.64. The van der Waals surface area contributed by atoms with Gasteiger partial charge in [0, 0.05) is 10.4 Å². The van der Waals surface area contributed by atoms with Gasteiger partial charge in [0.1, 0.15) is 5.69 Å². The maximum absolute atomic E-state index is 11.4. The van der Waals surface area contributed by atoms with Crippen molar-refractivity contribution in [2.24, 2.45) is 0 Å². The summed E-state index contributed by atoms with van der Waals surface area (Å²) in [6, 6.07) is 4.57. The molecule has 0 fully saturated rings. The van der Waals surface area contributed by atoms with Crippen LogP contribution < -0.4 is 11.3 Å². The van der Waals surface area contributed by atoms with Crippen LogP contribution in [0.3, 0.4) is 0 Å². The first kappa shape index (κ1) is 10.4. The van der Waals surface area contributed by atoms with E-state index in [1.807, 2.05) is 0 Å². The van der Waals surface area contributed by atoms with Gasteiger partial charge in [-0.25, -0.2) is 0 Å². The molecule has 0 saturated heterocycles. The molecule has 6 nitrogen and oxygen atoms in total. The van der Waals surface area contributed by atoms with Gasteiger partial charge in [-0.2, -0.15) is 0 Å². The van der Waals surface area contributed by atoms with E-state index in [-0.39, 0.29) is 5.69 Å². The number of rotatable bonds is 1. The maximum Gasteiger partial charge on any atom is 0.357 e. The number of nitrogen functional groups attached to an aromatic ring is 1. The van der Waals surface area contributed by atoms with E-state index >= 15 is 0 Å². The van der Waals surface area contributed by atoms with Gasteiger partial charge >= 0.3 is 11.2 Å². The molecule has 2 rings (SSSR count). The number of H-pyrrole nitrogens is 1. The van der Waals surface area contributed by atoms with Crippen molar-refractivity contribution in [2.45, 2.75) is 0 Å². The van der Waals surface area contributed by atoms with Crippen molar-refractivity contribution < 1.29 is 4.92 Å². The van der Waals surface area contributed by atoms with Crippen LogP contribution in [-0.4, -0.2) is 9.91 Å². The van der Waals surface area contributed by atoms with Gasteiger partial charge in [0.05, 0.1) is 10.4 Å². The second-order valence-electron chi connectivity index (χ2n) is 3.16. The van der Waals surface area contributed by atoms with E-state index in [1.54, 1.807) is 12.1 Å². The second-order valence-corrected chi connectivity index (χ2v) is 3.60.